The Kier molecular flexibility index (Phi) is 3.20. The molecule has 2 nitrogen and oxygen atoms in total. The number of nitrogens with zero attached hydrogens (tertiary/aromatic N) is 1. The molecule has 0 radical (unpaired) electrons. The van der Waals surface area contributed by atoms with Gasteiger partial charge in [0.05, 0.1) is 0 Å². The molecule has 0 bridgehead atoms. The van der Waals surface area contributed by atoms with Gasteiger partial charge in [0.25, 0.3) is 0 Å². The van der Waals surface area contributed by atoms with Crippen LogP contribution in [0.1, 0.15) is 5.56 Å². The number of hydrogen-bond acceptors (Lipinski definition) is 2. The molecule has 1 aromatic rings. The van der Waals surface area contributed by atoms with Crippen LogP contribution in [0.5, 0.6) is 0 Å². The molecule has 0 unspecified atom stereocenters. The summed E-state index contributed by atoms with van der Waals surface area (Å²) in [4.78, 5) is 0. The summed E-state index contributed by atoms with van der Waals surface area (Å²) in [6, 6.07) is 4.67. The molecule has 5 heteroatoms. The number of oxime groups is 1. The Bertz CT molecular complexity index is 304. The van der Waals surface area contributed by atoms with E-state index < -0.39 is 0 Å². The first-order valence-corrected chi connectivity index (χ1v) is 4.11. The molecule has 0 saturated heterocycles. The minimum absolute atomic E-state index is 0.0422. The average molecular weight is 224 g/mol. The Morgan fingerprint density at radius 2 is 1.67 bits per heavy atom. The molecule has 12 heavy (non-hydrogen) atoms. The Morgan fingerprint density at radius 3 is 2.08 bits per heavy atom. The predicted molar refractivity (Wildman–Crippen MR) is 50.6 cm³/mol. The summed E-state index contributed by atoms with van der Waals surface area (Å²) in [5, 5.41) is 12.0. The summed E-state index contributed by atoms with van der Waals surface area (Å²) in [5.74, 6) is 0. The SMILES string of the molecule is O/N=C(\Cl)c1cc(Cl)cc(Cl)c1. The number of rotatable bonds is 1. The maximum atomic E-state index is 8.34. The van der Waals surface area contributed by atoms with Gasteiger partial charge in [0.1, 0.15) is 0 Å². The van der Waals surface area contributed by atoms with Crippen molar-refractivity contribution in [3.63, 3.8) is 0 Å². The van der Waals surface area contributed by atoms with Gasteiger partial charge >= 0.3 is 0 Å². The van der Waals surface area contributed by atoms with Gasteiger partial charge in [0.2, 0.25) is 0 Å². The van der Waals surface area contributed by atoms with Crippen LogP contribution in [0.3, 0.4) is 0 Å². The van der Waals surface area contributed by atoms with Crippen molar-refractivity contribution in [2.24, 2.45) is 5.16 Å². The van der Waals surface area contributed by atoms with E-state index in [0.717, 1.165) is 0 Å². The second-order valence-corrected chi connectivity index (χ2v) is 3.28. The van der Waals surface area contributed by atoms with Crippen molar-refractivity contribution in [1.82, 2.24) is 0 Å². The summed E-state index contributed by atoms with van der Waals surface area (Å²) < 4.78 is 0. The van der Waals surface area contributed by atoms with E-state index >= 15 is 0 Å². The topological polar surface area (TPSA) is 32.6 Å². The van der Waals surface area contributed by atoms with Gasteiger partial charge in [-0.15, -0.1) is 0 Å². The lowest BCUT2D eigenvalue weighted by atomic mass is 10.2. The molecular weight excluding hydrogens is 220 g/mol. The number of halogens is 3. The van der Waals surface area contributed by atoms with Crippen LogP contribution in [0.25, 0.3) is 0 Å². The zero-order chi connectivity index (χ0) is 9.14. The molecule has 0 saturated carbocycles. The lowest BCUT2D eigenvalue weighted by Gasteiger charge is -1.98. The molecule has 0 spiro atoms. The quantitative estimate of drug-likeness (QED) is 0.443. The largest absolute Gasteiger partial charge is 0.410 e. The molecule has 1 N–H and O–H groups in total. The van der Waals surface area contributed by atoms with E-state index in [1.54, 1.807) is 18.2 Å². The van der Waals surface area contributed by atoms with Crippen molar-refractivity contribution in [2.75, 3.05) is 0 Å². The highest BCUT2D eigenvalue weighted by Crippen LogP contribution is 2.20. The molecule has 64 valence electrons. The van der Waals surface area contributed by atoms with Gasteiger partial charge in [-0.05, 0) is 18.2 Å². The van der Waals surface area contributed by atoms with Crippen LogP contribution in [-0.2, 0) is 0 Å². The van der Waals surface area contributed by atoms with Crippen LogP contribution >= 0.6 is 34.8 Å². The van der Waals surface area contributed by atoms with Gasteiger partial charge < -0.3 is 5.21 Å². The van der Waals surface area contributed by atoms with E-state index in [1.807, 2.05) is 0 Å². The highest BCUT2D eigenvalue weighted by Gasteiger charge is 2.02. The summed E-state index contributed by atoms with van der Waals surface area (Å²) in [5.41, 5.74) is 0.483. The van der Waals surface area contributed by atoms with Crippen molar-refractivity contribution in [1.29, 1.82) is 0 Å². The van der Waals surface area contributed by atoms with E-state index in [9.17, 15) is 0 Å². The van der Waals surface area contributed by atoms with Gasteiger partial charge in [-0.3, -0.25) is 0 Å². The minimum Gasteiger partial charge on any atom is -0.410 e. The molecule has 0 aliphatic heterocycles. The second-order valence-electron chi connectivity index (χ2n) is 2.05. The lowest BCUT2D eigenvalue weighted by molar-refractivity contribution is 0.321. The number of benzene rings is 1. The fourth-order valence-corrected chi connectivity index (χ4v) is 1.37. The van der Waals surface area contributed by atoms with Crippen LogP contribution in [0.2, 0.25) is 10.0 Å². The molecule has 0 fully saturated rings. The van der Waals surface area contributed by atoms with Gasteiger partial charge in [-0.1, -0.05) is 40.0 Å². The third-order valence-corrected chi connectivity index (χ3v) is 1.92. The van der Waals surface area contributed by atoms with E-state index in [0.29, 0.717) is 15.6 Å². The van der Waals surface area contributed by atoms with Crippen LogP contribution in [-0.4, -0.2) is 10.4 Å². The van der Waals surface area contributed by atoms with E-state index in [1.165, 1.54) is 0 Å². The summed E-state index contributed by atoms with van der Waals surface area (Å²) in [7, 11) is 0. The Morgan fingerprint density at radius 1 is 1.17 bits per heavy atom. The summed E-state index contributed by atoms with van der Waals surface area (Å²) in [6.07, 6.45) is 0. The maximum absolute atomic E-state index is 8.34. The molecule has 0 aliphatic rings. The van der Waals surface area contributed by atoms with Crippen LogP contribution < -0.4 is 0 Å². The molecule has 1 aromatic carbocycles. The molecular formula is C7H4Cl3NO. The normalized spacial score (nSPS) is 11.8. The summed E-state index contributed by atoms with van der Waals surface area (Å²) >= 11 is 16.9. The average Bonchev–Trinajstić information content (AvgIpc) is 2.01. The van der Waals surface area contributed by atoms with Crippen molar-refractivity contribution >= 4 is 40.0 Å². The van der Waals surface area contributed by atoms with Crippen molar-refractivity contribution in [3.8, 4) is 0 Å². The first-order chi connectivity index (χ1) is 5.63. The van der Waals surface area contributed by atoms with Crippen molar-refractivity contribution in [3.05, 3.63) is 33.8 Å². The van der Waals surface area contributed by atoms with Crippen LogP contribution in [0, 0.1) is 0 Å². The van der Waals surface area contributed by atoms with Gasteiger partial charge in [0, 0.05) is 15.6 Å². The molecule has 1 rings (SSSR count). The first kappa shape index (κ1) is 9.65. The fraction of sp³-hybridized carbons (Fsp3) is 0. The van der Waals surface area contributed by atoms with Crippen molar-refractivity contribution < 1.29 is 5.21 Å². The molecule has 0 amide bonds. The summed E-state index contributed by atoms with van der Waals surface area (Å²) in [6.45, 7) is 0. The fourth-order valence-electron chi connectivity index (χ4n) is 0.731. The highest BCUT2D eigenvalue weighted by molar-refractivity contribution is 6.69. The third-order valence-electron chi connectivity index (χ3n) is 1.19. The Balaban J connectivity index is 3.17. The highest BCUT2D eigenvalue weighted by atomic mass is 35.5. The Hall–Kier alpha value is -0.440. The zero-order valence-electron chi connectivity index (χ0n) is 5.76. The standard InChI is InChI=1S/C7H4Cl3NO/c8-5-1-4(7(10)11-12)2-6(9)3-5/h1-3,12H/b11-7-. The minimum atomic E-state index is -0.0422. The molecule has 0 heterocycles. The van der Waals surface area contributed by atoms with E-state index in [4.69, 9.17) is 40.0 Å². The van der Waals surface area contributed by atoms with Crippen LogP contribution in [0.15, 0.2) is 23.4 Å². The van der Waals surface area contributed by atoms with Gasteiger partial charge in [0.15, 0.2) is 5.17 Å². The van der Waals surface area contributed by atoms with Gasteiger partial charge in [-0.25, -0.2) is 0 Å². The smallest absolute Gasteiger partial charge is 0.175 e. The predicted octanol–water partition coefficient (Wildman–Crippen LogP) is 3.37. The first-order valence-electron chi connectivity index (χ1n) is 2.97. The lowest BCUT2D eigenvalue weighted by Crippen LogP contribution is -1.90. The molecule has 0 aliphatic carbocycles. The number of hydrogen-bond donors (Lipinski definition) is 1. The monoisotopic (exact) mass is 223 g/mol. The van der Waals surface area contributed by atoms with Crippen molar-refractivity contribution in [2.45, 2.75) is 0 Å². The third kappa shape index (κ3) is 2.27. The van der Waals surface area contributed by atoms with Crippen LogP contribution in [0.4, 0.5) is 0 Å². The molecule has 0 aromatic heterocycles. The van der Waals surface area contributed by atoms with Gasteiger partial charge in [-0.2, -0.15) is 0 Å². The zero-order valence-corrected chi connectivity index (χ0v) is 8.03. The van der Waals surface area contributed by atoms with E-state index in [2.05, 4.69) is 5.16 Å². The second kappa shape index (κ2) is 3.99. The maximum Gasteiger partial charge on any atom is 0.175 e. The Labute approximate surface area is 84.3 Å². The molecule has 0 atom stereocenters. The van der Waals surface area contributed by atoms with E-state index in [-0.39, 0.29) is 5.17 Å².